The Labute approximate surface area is 158 Å². The van der Waals surface area contributed by atoms with E-state index in [1.807, 2.05) is 11.0 Å². The number of Topliss-reactive ketones (excluding diaryl/α,β-unsaturated/α-hetero) is 1. The minimum atomic E-state index is -0.116. The number of benzene rings is 1. The molecule has 6 nitrogen and oxygen atoms in total. The Morgan fingerprint density at radius 3 is 2.27 bits per heavy atom. The Kier molecular flexibility index (Phi) is 5.96. The summed E-state index contributed by atoms with van der Waals surface area (Å²) < 4.78 is 16.3. The second-order valence-corrected chi connectivity index (χ2v) is 7.70. The molecule has 3 rings (SSSR count). The number of amides is 1. The lowest BCUT2D eigenvalue weighted by Crippen LogP contribution is -2.37. The van der Waals surface area contributed by atoms with Crippen LogP contribution in [-0.4, -0.2) is 50.2 Å². The number of ketones is 1. The number of hydrogen-bond donors (Lipinski definition) is 0. The fraction of sp³-hybridized carbons (Fsp3) is 0.579. The van der Waals surface area contributed by atoms with Gasteiger partial charge in [-0.25, -0.2) is 0 Å². The average molecular weight is 379 g/mol. The van der Waals surface area contributed by atoms with Crippen molar-refractivity contribution in [3.05, 3.63) is 17.7 Å². The third-order valence-electron chi connectivity index (χ3n) is 5.07. The summed E-state index contributed by atoms with van der Waals surface area (Å²) >= 11 is 1.72. The van der Waals surface area contributed by atoms with Crippen molar-refractivity contribution >= 4 is 23.5 Å². The minimum absolute atomic E-state index is 0.0555. The minimum Gasteiger partial charge on any atom is -0.496 e. The summed E-state index contributed by atoms with van der Waals surface area (Å²) in [4.78, 5) is 26.5. The maximum atomic E-state index is 13.1. The molecule has 1 aromatic carbocycles. The Hall–Kier alpha value is -1.89. The molecule has 1 aromatic rings. The number of carbonyl (C=O) groups is 2. The van der Waals surface area contributed by atoms with Gasteiger partial charge in [0.1, 0.15) is 16.9 Å². The van der Waals surface area contributed by atoms with E-state index in [4.69, 9.17) is 14.2 Å². The number of ether oxygens (including phenoxy) is 3. The van der Waals surface area contributed by atoms with Gasteiger partial charge in [0.05, 0.1) is 21.3 Å². The van der Waals surface area contributed by atoms with Crippen LogP contribution in [0, 0.1) is 5.92 Å². The Balaban J connectivity index is 1.87. The molecule has 1 atom stereocenters. The Morgan fingerprint density at radius 2 is 1.65 bits per heavy atom. The first kappa shape index (κ1) is 18.9. The number of thioether (sulfide) groups is 1. The van der Waals surface area contributed by atoms with Gasteiger partial charge in [-0.3, -0.25) is 9.59 Å². The van der Waals surface area contributed by atoms with E-state index in [1.165, 1.54) is 0 Å². The van der Waals surface area contributed by atoms with E-state index in [9.17, 15) is 9.59 Å². The summed E-state index contributed by atoms with van der Waals surface area (Å²) in [5.41, 5.74) is 0.910. The summed E-state index contributed by atoms with van der Waals surface area (Å²) in [6, 6.07) is 3.69. The summed E-state index contributed by atoms with van der Waals surface area (Å²) in [5, 5.41) is -0.116. The van der Waals surface area contributed by atoms with Crippen molar-refractivity contribution < 1.29 is 23.8 Å². The molecule has 0 N–H and O–H groups in total. The van der Waals surface area contributed by atoms with Crippen LogP contribution < -0.4 is 14.2 Å². The zero-order chi connectivity index (χ0) is 18.7. The second kappa shape index (κ2) is 8.20. The maximum Gasteiger partial charge on any atom is 0.226 e. The van der Waals surface area contributed by atoms with E-state index in [1.54, 1.807) is 39.2 Å². The van der Waals surface area contributed by atoms with Crippen molar-refractivity contribution in [1.29, 1.82) is 0 Å². The lowest BCUT2D eigenvalue weighted by molar-refractivity contribution is -0.137. The lowest BCUT2D eigenvalue weighted by atomic mass is 9.87. The van der Waals surface area contributed by atoms with Crippen LogP contribution in [0.2, 0.25) is 0 Å². The first-order chi connectivity index (χ1) is 12.6. The molecular formula is C19H25NO5S. The monoisotopic (exact) mass is 379 g/mol. The number of hydrogen-bond acceptors (Lipinski definition) is 6. The van der Waals surface area contributed by atoms with Gasteiger partial charge in [0.2, 0.25) is 5.91 Å². The lowest BCUT2D eigenvalue weighted by Gasteiger charge is -2.30. The highest BCUT2D eigenvalue weighted by atomic mass is 32.2. The zero-order valence-electron chi connectivity index (χ0n) is 15.4. The first-order valence-electron chi connectivity index (χ1n) is 8.82. The predicted molar refractivity (Wildman–Crippen MR) is 100.0 cm³/mol. The quantitative estimate of drug-likeness (QED) is 0.783. The highest BCUT2D eigenvalue weighted by Gasteiger charge is 2.37. The van der Waals surface area contributed by atoms with E-state index in [0.717, 1.165) is 11.3 Å². The summed E-state index contributed by atoms with van der Waals surface area (Å²) in [6.07, 6.45) is 2.35. The van der Waals surface area contributed by atoms with Gasteiger partial charge >= 0.3 is 0 Å². The Bertz CT molecular complexity index is 683. The molecule has 2 aliphatic rings. The van der Waals surface area contributed by atoms with Crippen LogP contribution in [0.1, 0.15) is 36.6 Å². The van der Waals surface area contributed by atoms with Crippen molar-refractivity contribution in [2.24, 2.45) is 5.92 Å². The van der Waals surface area contributed by atoms with Crippen LogP contribution in [0.4, 0.5) is 0 Å². The Morgan fingerprint density at radius 1 is 1.04 bits per heavy atom. The standard InChI is InChI=1S/C19H25NO5S/c1-23-15-11-17(25-3)16(24-2)10-14(15)19-20(8-9-26-19)18(22)12-4-6-13(21)7-5-12/h10-12,19H,4-9H2,1-3H3. The molecule has 1 saturated heterocycles. The number of methoxy groups -OCH3 is 3. The fourth-order valence-corrected chi connectivity index (χ4v) is 4.90. The summed E-state index contributed by atoms with van der Waals surface area (Å²) in [6.45, 7) is 0.704. The van der Waals surface area contributed by atoms with Crippen LogP contribution in [-0.2, 0) is 9.59 Å². The molecule has 1 heterocycles. The highest BCUT2D eigenvalue weighted by molar-refractivity contribution is 7.99. The third kappa shape index (κ3) is 3.63. The number of nitrogens with zero attached hydrogens (tertiary/aromatic N) is 1. The van der Waals surface area contributed by atoms with Gasteiger partial charge in [0, 0.05) is 42.7 Å². The third-order valence-corrected chi connectivity index (χ3v) is 6.31. The van der Waals surface area contributed by atoms with Gasteiger partial charge in [-0.2, -0.15) is 0 Å². The normalized spacial score (nSPS) is 21.0. The van der Waals surface area contributed by atoms with Gasteiger partial charge in [0.15, 0.2) is 11.5 Å². The molecule has 142 valence electrons. The molecule has 0 radical (unpaired) electrons. The second-order valence-electron chi connectivity index (χ2n) is 6.52. The molecule has 2 fully saturated rings. The van der Waals surface area contributed by atoms with Crippen molar-refractivity contribution in [2.45, 2.75) is 31.1 Å². The summed E-state index contributed by atoms with van der Waals surface area (Å²) in [7, 11) is 4.79. The summed E-state index contributed by atoms with van der Waals surface area (Å²) in [5.74, 6) is 3.12. The van der Waals surface area contributed by atoms with Crippen LogP contribution in [0.3, 0.4) is 0 Å². The van der Waals surface area contributed by atoms with E-state index in [-0.39, 0.29) is 23.0 Å². The molecular weight excluding hydrogens is 354 g/mol. The van der Waals surface area contributed by atoms with E-state index >= 15 is 0 Å². The van der Waals surface area contributed by atoms with Crippen LogP contribution in [0.15, 0.2) is 12.1 Å². The first-order valence-corrected chi connectivity index (χ1v) is 9.87. The zero-order valence-corrected chi connectivity index (χ0v) is 16.3. The van der Waals surface area contributed by atoms with Gasteiger partial charge in [-0.1, -0.05) is 0 Å². The number of rotatable bonds is 5. The van der Waals surface area contributed by atoms with Gasteiger partial charge in [0.25, 0.3) is 0 Å². The topological polar surface area (TPSA) is 65.1 Å². The molecule has 1 aliphatic heterocycles. The van der Waals surface area contributed by atoms with E-state index < -0.39 is 0 Å². The molecule has 0 aromatic heterocycles. The highest BCUT2D eigenvalue weighted by Crippen LogP contribution is 2.46. The molecule has 26 heavy (non-hydrogen) atoms. The molecule has 1 aliphatic carbocycles. The predicted octanol–water partition coefficient (Wildman–Crippen LogP) is 3.05. The molecule has 7 heteroatoms. The molecule has 1 unspecified atom stereocenters. The van der Waals surface area contributed by atoms with Crippen LogP contribution >= 0.6 is 11.8 Å². The van der Waals surface area contributed by atoms with Crippen molar-refractivity contribution in [2.75, 3.05) is 33.6 Å². The van der Waals surface area contributed by atoms with E-state index in [2.05, 4.69) is 0 Å². The number of carbonyl (C=O) groups excluding carboxylic acids is 2. The maximum absolute atomic E-state index is 13.1. The average Bonchev–Trinajstić information content (AvgIpc) is 3.16. The van der Waals surface area contributed by atoms with Gasteiger partial charge in [-0.05, 0) is 18.9 Å². The van der Waals surface area contributed by atoms with Gasteiger partial charge in [-0.15, -0.1) is 11.8 Å². The molecule has 0 bridgehead atoms. The smallest absolute Gasteiger partial charge is 0.226 e. The molecule has 0 spiro atoms. The van der Waals surface area contributed by atoms with Crippen molar-refractivity contribution in [3.8, 4) is 17.2 Å². The van der Waals surface area contributed by atoms with Crippen molar-refractivity contribution in [3.63, 3.8) is 0 Å². The van der Waals surface area contributed by atoms with Gasteiger partial charge < -0.3 is 19.1 Å². The van der Waals surface area contributed by atoms with Crippen LogP contribution in [0.25, 0.3) is 0 Å². The fourth-order valence-electron chi connectivity index (χ4n) is 3.62. The molecule has 1 amide bonds. The van der Waals surface area contributed by atoms with Crippen LogP contribution in [0.5, 0.6) is 17.2 Å². The largest absolute Gasteiger partial charge is 0.496 e. The SMILES string of the molecule is COc1cc(OC)c(C2SCCN2C(=O)C2CCC(=O)CC2)cc1OC. The molecule has 1 saturated carbocycles. The van der Waals surface area contributed by atoms with E-state index in [0.29, 0.717) is 49.5 Å². The van der Waals surface area contributed by atoms with Crippen molar-refractivity contribution in [1.82, 2.24) is 4.90 Å².